The van der Waals surface area contributed by atoms with Crippen LogP contribution in [0.1, 0.15) is 24.2 Å². The molecule has 126 valence electrons. The van der Waals surface area contributed by atoms with E-state index in [-0.39, 0.29) is 23.8 Å². The average Bonchev–Trinajstić information content (AvgIpc) is 3.00. The Morgan fingerprint density at radius 2 is 1.71 bits per heavy atom. The third kappa shape index (κ3) is 4.20. The first-order valence-corrected chi connectivity index (χ1v) is 8.22. The maximum absolute atomic E-state index is 12.1. The van der Waals surface area contributed by atoms with E-state index in [0.717, 1.165) is 10.4 Å². The van der Waals surface area contributed by atoms with Gasteiger partial charge in [-0.1, -0.05) is 30.3 Å². The van der Waals surface area contributed by atoms with E-state index >= 15 is 0 Å². The molecular weight excluding hydrogens is 330 g/mol. The van der Waals surface area contributed by atoms with Crippen molar-refractivity contribution in [3.63, 3.8) is 0 Å². The maximum Gasteiger partial charge on any atom is 0.397 e. The summed E-state index contributed by atoms with van der Waals surface area (Å²) >= 11 is 1.19. The van der Waals surface area contributed by atoms with Crippen LogP contribution in [0, 0.1) is 0 Å². The van der Waals surface area contributed by atoms with Crippen LogP contribution in [0.5, 0.6) is 0 Å². The van der Waals surface area contributed by atoms with Gasteiger partial charge in [0.1, 0.15) is 5.00 Å². The van der Waals surface area contributed by atoms with Crippen LogP contribution in [0.15, 0.2) is 36.4 Å². The number of anilines is 1. The van der Waals surface area contributed by atoms with Gasteiger partial charge in [0.05, 0.1) is 18.8 Å². The molecule has 0 aliphatic carbocycles. The van der Waals surface area contributed by atoms with Crippen molar-refractivity contribution < 1.29 is 23.9 Å². The van der Waals surface area contributed by atoms with Gasteiger partial charge >= 0.3 is 17.8 Å². The predicted octanol–water partition coefficient (Wildman–Crippen LogP) is 3.09. The molecule has 0 spiro atoms. The Morgan fingerprint density at radius 1 is 1.04 bits per heavy atom. The highest BCUT2D eigenvalue weighted by atomic mass is 32.1. The number of nitrogens with one attached hydrogen (secondary N) is 1. The summed E-state index contributed by atoms with van der Waals surface area (Å²) in [6.07, 6.45) is 0. The van der Waals surface area contributed by atoms with Gasteiger partial charge in [-0.15, -0.1) is 11.3 Å². The molecule has 1 heterocycles. The standard InChI is InChI=1S/C17H17NO5S/c1-3-22-16(20)12-10-13(11-8-6-5-7-9-11)24-15(12)18-14(19)17(21)23-4-2/h5-10H,3-4H2,1-2H3,(H,18,19). The smallest absolute Gasteiger partial charge is 0.397 e. The minimum absolute atomic E-state index is 0.0939. The first kappa shape index (κ1) is 17.7. The van der Waals surface area contributed by atoms with Gasteiger partial charge in [-0.05, 0) is 25.5 Å². The highest BCUT2D eigenvalue weighted by Gasteiger charge is 2.23. The molecule has 2 aromatic rings. The van der Waals surface area contributed by atoms with Crippen molar-refractivity contribution in [3.8, 4) is 10.4 Å². The Bertz CT molecular complexity index is 739. The lowest BCUT2D eigenvalue weighted by atomic mass is 10.1. The molecule has 0 saturated carbocycles. The second-order valence-corrected chi connectivity index (χ2v) is 5.67. The number of amides is 1. The van der Waals surface area contributed by atoms with Gasteiger partial charge in [0.15, 0.2) is 0 Å². The summed E-state index contributed by atoms with van der Waals surface area (Å²) in [5.74, 6) is -2.49. The highest BCUT2D eigenvalue weighted by molar-refractivity contribution is 7.20. The van der Waals surface area contributed by atoms with Crippen LogP contribution in [0.4, 0.5) is 5.00 Å². The van der Waals surface area contributed by atoms with Gasteiger partial charge in [-0.25, -0.2) is 9.59 Å². The number of hydrogen-bond acceptors (Lipinski definition) is 6. The van der Waals surface area contributed by atoms with Crippen molar-refractivity contribution >= 4 is 34.2 Å². The second kappa shape index (κ2) is 8.26. The summed E-state index contributed by atoms with van der Waals surface area (Å²) in [7, 11) is 0. The first-order chi connectivity index (χ1) is 11.6. The van der Waals surface area contributed by atoms with Crippen molar-refractivity contribution in [1.29, 1.82) is 0 Å². The zero-order valence-corrected chi connectivity index (χ0v) is 14.1. The summed E-state index contributed by atoms with van der Waals surface area (Å²) < 4.78 is 9.66. The van der Waals surface area contributed by atoms with E-state index < -0.39 is 17.8 Å². The highest BCUT2D eigenvalue weighted by Crippen LogP contribution is 2.35. The molecule has 0 unspecified atom stereocenters. The number of hydrogen-bond donors (Lipinski definition) is 1. The number of carbonyl (C=O) groups excluding carboxylic acids is 3. The van der Waals surface area contributed by atoms with Crippen molar-refractivity contribution in [1.82, 2.24) is 0 Å². The van der Waals surface area contributed by atoms with Gasteiger partial charge in [-0.2, -0.15) is 0 Å². The first-order valence-electron chi connectivity index (χ1n) is 7.41. The molecule has 0 atom stereocenters. The zero-order chi connectivity index (χ0) is 17.5. The molecule has 24 heavy (non-hydrogen) atoms. The predicted molar refractivity (Wildman–Crippen MR) is 91.0 cm³/mol. The van der Waals surface area contributed by atoms with Crippen LogP contribution in [-0.4, -0.2) is 31.1 Å². The molecule has 0 bridgehead atoms. The van der Waals surface area contributed by atoms with Crippen LogP contribution < -0.4 is 5.32 Å². The molecule has 7 heteroatoms. The molecule has 1 amide bonds. The van der Waals surface area contributed by atoms with E-state index in [1.54, 1.807) is 19.9 Å². The molecule has 0 aliphatic rings. The Morgan fingerprint density at radius 3 is 2.33 bits per heavy atom. The van der Waals surface area contributed by atoms with Crippen molar-refractivity contribution in [2.75, 3.05) is 18.5 Å². The second-order valence-electron chi connectivity index (χ2n) is 4.61. The number of carbonyl (C=O) groups is 3. The van der Waals surface area contributed by atoms with E-state index in [0.29, 0.717) is 0 Å². The third-order valence-electron chi connectivity index (χ3n) is 2.97. The third-order valence-corrected chi connectivity index (χ3v) is 4.07. The lowest BCUT2D eigenvalue weighted by molar-refractivity contribution is -0.152. The summed E-state index contributed by atoms with van der Waals surface area (Å²) in [5.41, 5.74) is 1.10. The average molecular weight is 347 g/mol. The quantitative estimate of drug-likeness (QED) is 0.664. The van der Waals surface area contributed by atoms with Crippen LogP contribution >= 0.6 is 11.3 Å². The number of ether oxygens (including phenoxy) is 2. The maximum atomic E-state index is 12.1. The van der Waals surface area contributed by atoms with Crippen molar-refractivity contribution in [3.05, 3.63) is 42.0 Å². The molecule has 1 aromatic heterocycles. The Balaban J connectivity index is 2.34. The molecular formula is C17H17NO5S. The Hall–Kier alpha value is -2.67. The molecule has 6 nitrogen and oxygen atoms in total. The zero-order valence-electron chi connectivity index (χ0n) is 13.3. The molecule has 0 aliphatic heterocycles. The summed E-state index contributed by atoms with van der Waals surface area (Å²) in [6.45, 7) is 3.60. The molecule has 0 saturated heterocycles. The van der Waals surface area contributed by atoms with E-state index in [1.807, 2.05) is 30.3 Å². The van der Waals surface area contributed by atoms with Crippen LogP contribution in [0.3, 0.4) is 0 Å². The summed E-state index contributed by atoms with van der Waals surface area (Å²) in [6, 6.07) is 11.0. The van der Waals surface area contributed by atoms with E-state index in [2.05, 4.69) is 10.1 Å². The minimum atomic E-state index is -0.998. The fraction of sp³-hybridized carbons (Fsp3) is 0.235. The van der Waals surface area contributed by atoms with Gasteiger partial charge in [0.2, 0.25) is 0 Å². The van der Waals surface area contributed by atoms with E-state index in [4.69, 9.17) is 4.74 Å². The molecule has 0 fully saturated rings. The summed E-state index contributed by atoms with van der Waals surface area (Å²) in [4.78, 5) is 36.2. The van der Waals surface area contributed by atoms with E-state index in [1.165, 1.54) is 11.3 Å². The lowest BCUT2D eigenvalue weighted by Crippen LogP contribution is -2.25. The molecule has 1 N–H and O–H groups in total. The van der Waals surface area contributed by atoms with Crippen LogP contribution in [0.2, 0.25) is 0 Å². The number of rotatable bonds is 5. The molecule has 2 rings (SSSR count). The number of esters is 2. The monoisotopic (exact) mass is 347 g/mol. The Labute approximate surface area is 143 Å². The van der Waals surface area contributed by atoms with E-state index in [9.17, 15) is 14.4 Å². The number of benzene rings is 1. The van der Waals surface area contributed by atoms with Crippen LogP contribution in [0.25, 0.3) is 10.4 Å². The number of thiophene rings is 1. The van der Waals surface area contributed by atoms with Gasteiger partial charge in [0.25, 0.3) is 0 Å². The fourth-order valence-electron chi connectivity index (χ4n) is 1.94. The summed E-state index contributed by atoms with van der Waals surface area (Å²) in [5, 5.41) is 2.68. The molecule has 0 radical (unpaired) electrons. The van der Waals surface area contributed by atoms with Crippen LogP contribution in [-0.2, 0) is 19.1 Å². The van der Waals surface area contributed by atoms with Crippen molar-refractivity contribution in [2.45, 2.75) is 13.8 Å². The SMILES string of the molecule is CCOC(=O)C(=O)Nc1sc(-c2ccccc2)cc1C(=O)OCC. The van der Waals surface area contributed by atoms with Crippen molar-refractivity contribution in [2.24, 2.45) is 0 Å². The topological polar surface area (TPSA) is 81.7 Å². The van der Waals surface area contributed by atoms with Gasteiger partial charge in [0, 0.05) is 4.88 Å². The molecule has 1 aromatic carbocycles. The lowest BCUT2D eigenvalue weighted by Gasteiger charge is -2.05. The largest absolute Gasteiger partial charge is 0.462 e. The Kier molecular flexibility index (Phi) is 6.08. The fourth-order valence-corrected chi connectivity index (χ4v) is 2.99. The minimum Gasteiger partial charge on any atom is -0.462 e. The van der Waals surface area contributed by atoms with Gasteiger partial charge in [-0.3, -0.25) is 4.79 Å². The normalized spacial score (nSPS) is 10.1. The van der Waals surface area contributed by atoms with Gasteiger partial charge < -0.3 is 14.8 Å².